The molecule has 0 bridgehead atoms. The summed E-state index contributed by atoms with van der Waals surface area (Å²) in [5.74, 6) is -0.736. The molecule has 1 unspecified atom stereocenters. The second-order valence-electron chi connectivity index (χ2n) is 3.55. The number of nitrogens with one attached hydrogen (secondary N) is 1. The minimum atomic E-state index is -0.941. The van der Waals surface area contributed by atoms with Gasteiger partial charge in [0, 0.05) is 22.7 Å². The zero-order valence-corrected chi connectivity index (χ0v) is 8.40. The Labute approximate surface area is 90.9 Å². The van der Waals surface area contributed by atoms with Crippen molar-refractivity contribution in [2.24, 2.45) is 5.73 Å². The van der Waals surface area contributed by atoms with E-state index in [2.05, 4.69) is 4.98 Å². The number of carbonyl (C=O) groups is 1. The number of benzene rings is 1. The molecule has 1 atom stereocenters. The third-order valence-corrected chi connectivity index (χ3v) is 2.44. The monoisotopic (exact) mass is 222 g/mol. The van der Waals surface area contributed by atoms with Crippen LogP contribution in [-0.4, -0.2) is 28.5 Å². The van der Waals surface area contributed by atoms with Crippen LogP contribution in [0.25, 0.3) is 10.9 Å². The van der Waals surface area contributed by atoms with Gasteiger partial charge in [0.2, 0.25) is 0 Å². The predicted molar refractivity (Wildman–Crippen MR) is 57.6 cm³/mol. The number of ketones is 1. The molecule has 1 aromatic heterocycles. The van der Waals surface area contributed by atoms with E-state index in [0.29, 0.717) is 16.5 Å². The van der Waals surface area contributed by atoms with Gasteiger partial charge in [0.15, 0.2) is 5.78 Å². The smallest absolute Gasteiger partial charge is 0.184 e. The summed E-state index contributed by atoms with van der Waals surface area (Å²) < 4.78 is 12.9. The van der Waals surface area contributed by atoms with Crippen LogP contribution in [0.5, 0.6) is 0 Å². The molecule has 84 valence electrons. The molecular weight excluding hydrogens is 211 g/mol. The molecule has 5 heteroatoms. The van der Waals surface area contributed by atoms with Gasteiger partial charge in [-0.1, -0.05) is 0 Å². The molecule has 0 aliphatic rings. The summed E-state index contributed by atoms with van der Waals surface area (Å²) in [6.45, 7) is -0.410. The molecule has 0 saturated heterocycles. The third-order valence-electron chi connectivity index (χ3n) is 2.44. The van der Waals surface area contributed by atoms with Gasteiger partial charge in [0.25, 0.3) is 0 Å². The van der Waals surface area contributed by atoms with Crippen LogP contribution in [0.1, 0.15) is 10.4 Å². The van der Waals surface area contributed by atoms with E-state index >= 15 is 0 Å². The highest BCUT2D eigenvalue weighted by Crippen LogP contribution is 2.20. The van der Waals surface area contributed by atoms with E-state index in [1.807, 2.05) is 0 Å². The summed E-state index contributed by atoms with van der Waals surface area (Å²) in [4.78, 5) is 14.5. The molecule has 0 amide bonds. The van der Waals surface area contributed by atoms with E-state index in [-0.39, 0.29) is 11.6 Å². The van der Waals surface area contributed by atoms with Gasteiger partial charge in [-0.15, -0.1) is 0 Å². The number of fused-ring (bicyclic) bond motifs is 1. The summed E-state index contributed by atoms with van der Waals surface area (Å²) in [5.41, 5.74) is 6.35. The molecule has 4 N–H and O–H groups in total. The van der Waals surface area contributed by atoms with Gasteiger partial charge < -0.3 is 15.8 Å². The standard InChI is InChI=1S/C11H11FN2O2/c12-6-1-2-7-8(4-14-10(7)3-6)11(16)9(13)5-15/h1-4,9,14-15H,5,13H2. The first kappa shape index (κ1) is 10.8. The number of aliphatic hydroxyl groups is 1. The second kappa shape index (κ2) is 4.03. The molecule has 16 heavy (non-hydrogen) atoms. The first-order valence-corrected chi connectivity index (χ1v) is 4.80. The summed E-state index contributed by atoms with van der Waals surface area (Å²) in [6, 6.07) is 3.15. The number of aromatic nitrogens is 1. The van der Waals surface area contributed by atoms with Gasteiger partial charge in [-0.05, 0) is 18.2 Å². The summed E-state index contributed by atoms with van der Waals surface area (Å²) in [5, 5.41) is 9.41. The number of nitrogens with two attached hydrogens (primary N) is 1. The Morgan fingerprint density at radius 3 is 3.00 bits per heavy atom. The van der Waals surface area contributed by atoms with E-state index in [1.165, 1.54) is 24.4 Å². The molecule has 2 aromatic rings. The van der Waals surface area contributed by atoms with Crippen molar-refractivity contribution < 1.29 is 14.3 Å². The number of aliphatic hydroxyl groups excluding tert-OH is 1. The zero-order chi connectivity index (χ0) is 11.7. The fourth-order valence-corrected chi connectivity index (χ4v) is 1.58. The topological polar surface area (TPSA) is 79.1 Å². The van der Waals surface area contributed by atoms with Crippen LogP contribution in [0.2, 0.25) is 0 Å². The molecule has 0 aliphatic heterocycles. The molecule has 0 saturated carbocycles. The maximum Gasteiger partial charge on any atom is 0.184 e. The van der Waals surface area contributed by atoms with E-state index in [9.17, 15) is 9.18 Å². The number of Topliss-reactive ketones (excluding diaryl/α,β-unsaturated/α-hetero) is 1. The Hall–Kier alpha value is -1.72. The molecule has 4 nitrogen and oxygen atoms in total. The number of carbonyl (C=O) groups excluding carboxylic acids is 1. The number of aromatic amines is 1. The second-order valence-corrected chi connectivity index (χ2v) is 3.55. The van der Waals surface area contributed by atoms with E-state index in [4.69, 9.17) is 10.8 Å². The van der Waals surface area contributed by atoms with Crippen LogP contribution in [-0.2, 0) is 0 Å². The van der Waals surface area contributed by atoms with Gasteiger partial charge in [-0.3, -0.25) is 4.79 Å². The van der Waals surface area contributed by atoms with Crippen molar-refractivity contribution >= 4 is 16.7 Å². The average molecular weight is 222 g/mol. The zero-order valence-electron chi connectivity index (χ0n) is 8.40. The van der Waals surface area contributed by atoms with E-state index in [0.717, 1.165) is 0 Å². The highest BCUT2D eigenvalue weighted by Gasteiger charge is 2.18. The first-order valence-electron chi connectivity index (χ1n) is 4.80. The molecule has 2 rings (SSSR count). The highest BCUT2D eigenvalue weighted by molar-refractivity contribution is 6.10. The molecule has 1 aromatic carbocycles. The van der Waals surface area contributed by atoms with Gasteiger partial charge in [0.1, 0.15) is 5.82 Å². The minimum absolute atomic E-state index is 0.361. The van der Waals surface area contributed by atoms with Gasteiger partial charge in [-0.25, -0.2) is 4.39 Å². The number of H-pyrrole nitrogens is 1. The number of hydrogen-bond acceptors (Lipinski definition) is 3. The Balaban J connectivity index is 2.50. The quantitative estimate of drug-likeness (QED) is 0.672. The van der Waals surface area contributed by atoms with E-state index in [1.54, 1.807) is 0 Å². The Morgan fingerprint density at radius 1 is 1.56 bits per heavy atom. The largest absolute Gasteiger partial charge is 0.394 e. The van der Waals surface area contributed by atoms with Gasteiger partial charge >= 0.3 is 0 Å². The summed E-state index contributed by atoms with van der Waals surface area (Å²) in [7, 11) is 0. The van der Waals surface area contributed by atoms with Crippen molar-refractivity contribution in [3.8, 4) is 0 Å². The average Bonchev–Trinajstić information content (AvgIpc) is 2.69. The number of rotatable bonds is 3. The van der Waals surface area contributed by atoms with Gasteiger partial charge in [-0.2, -0.15) is 0 Å². The van der Waals surface area contributed by atoms with Crippen LogP contribution in [0.3, 0.4) is 0 Å². The molecule has 0 spiro atoms. The molecule has 0 radical (unpaired) electrons. The van der Waals surface area contributed by atoms with Crippen molar-refractivity contribution in [2.45, 2.75) is 6.04 Å². The molecule has 0 aliphatic carbocycles. The summed E-state index contributed by atoms with van der Waals surface area (Å²) >= 11 is 0. The fraction of sp³-hybridized carbons (Fsp3) is 0.182. The molecule has 0 fully saturated rings. The van der Waals surface area contributed by atoms with Crippen molar-refractivity contribution in [3.63, 3.8) is 0 Å². The Morgan fingerprint density at radius 2 is 2.31 bits per heavy atom. The molecule has 1 heterocycles. The lowest BCUT2D eigenvalue weighted by Crippen LogP contribution is -2.33. The van der Waals surface area contributed by atoms with Crippen LogP contribution in [0.15, 0.2) is 24.4 Å². The highest BCUT2D eigenvalue weighted by atomic mass is 19.1. The normalized spacial score (nSPS) is 12.9. The number of halogens is 1. The maximum atomic E-state index is 12.9. The molecular formula is C11H11FN2O2. The number of hydrogen-bond donors (Lipinski definition) is 3. The lowest BCUT2D eigenvalue weighted by atomic mass is 10.0. The Bertz CT molecular complexity index is 536. The van der Waals surface area contributed by atoms with Crippen LogP contribution in [0, 0.1) is 5.82 Å². The Kier molecular flexibility index (Phi) is 2.72. The van der Waals surface area contributed by atoms with Crippen molar-refractivity contribution in [3.05, 3.63) is 35.8 Å². The first-order chi connectivity index (χ1) is 7.63. The maximum absolute atomic E-state index is 12.9. The lowest BCUT2D eigenvalue weighted by molar-refractivity contribution is 0.0927. The van der Waals surface area contributed by atoms with Crippen molar-refractivity contribution in [1.82, 2.24) is 4.98 Å². The van der Waals surface area contributed by atoms with Crippen LogP contribution < -0.4 is 5.73 Å². The summed E-state index contributed by atoms with van der Waals surface area (Å²) in [6.07, 6.45) is 1.47. The van der Waals surface area contributed by atoms with Crippen molar-refractivity contribution in [2.75, 3.05) is 6.61 Å². The third kappa shape index (κ3) is 1.70. The van der Waals surface area contributed by atoms with Crippen LogP contribution in [0.4, 0.5) is 4.39 Å². The van der Waals surface area contributed by atoms with Crippen molar-refractivity contribution in [1.29, 1.82) is 0 Å². The lowest BCUT2D eigenvalue weighted by Gasteiger charge is -2.05. The predicted octanol–water partition coefficient (Wildman–Crippen LogP) is 0.809. The SMILES string of the molecule is NC(CO)C(=O)c1c[nH]c2cc(F)ccc12. The minimum Gasteiger partial charge on any atom is -0.394 e. The fourth-order valence-electron chi connectivity index (χ4n) is 1.58. The van der Waals surface area contributed by atoms with Gasteiger partial charge in [0.05, 0.1) is 12.6 Å². The van der Waals surface area contributed by atoms with E-state index < -0.39 is 12.6 Å². The van der Waals surface area contributed by atoms with Crippen LogP contribution >= 0.6 is 0 Å².